The van der Waals surface area contributed by atoms with Crippen LogP contribution in [-0.4, -0.2) is 45.0 Å². The number of piperidine rings is 1. The van der Waals surface area contributed by atoms with Gasteiger partial charge in [-0.05, 0) is 64.7 Å². The quantitative estimate of drug-likeness (QED) is 0.847. The molecular weight excluding hydrogens is 290 g/mol. The lowest BCUT2D eigenvalue weighted by Gasteiger charge is -2.27. The highest BCUT2D eigenvalue weighted by Gasteiger charge is 2.20. The highest BCUT2D eigenvalue weighted by atomic mass is 16.5. The van der Waals surface area contributed by atoms with Crippen molar-refractivity contribution in [2.45, 2.75) is 53.0 Å². The zero-order valence-corrected chi connectivity index (χ0v) is 14.7. The van der Waals surface area contributed by atoms with Crippen molar-refractivity contribution in [1.29, 1.82) is 0 Å². The standard InChI is InChI=1S/C17H27N5O/c1-5-15-12(2)19-22(13(15)3)11-17-18-16(20-23-17)10-14-6-8-21(4)9-7-14/h14H,5-11H2,1-4H3. The fourth-order valence-electron chi connectivity index (χ4n) is 3.49. The molecule has 0 N–H and O–H groups in total. The fourth-order valence-corrected chi connectivity index (χ4v) is 3.49. The number of hydrogen-bond acceptors (Lipinski definition) is 5. The molecule has 1 aliphatic rings. The van der Waals surface area contributed by atoms with Gasteiger partial charge in [-0.3, -0.25) is 4.68 Å². The van der Waals surface area contributed by atoms with Crippen molar-refractivity contribution in [1.82, 2.24) is 24.8 Å². The Morgan fingerprint density at radius 1 is 1.22 bits per heavy atom. The van der Waals surface area contributed by atoms with Crippen LogP contribution in [0.1, 0.15) is 48.4 Å². The number of nitrogens with zero attached hydrogens (tertiary/aromatic N) is 5. The van der Waals surface area contributed by atoms with E-state index in [1.807, 2.05) is 4.68 Å². The van der Waals surface area contributed by atoms with Gasteiger partial charge in [-0.15, -0.1) is 0 Å². The summed E-state index contributed by atoms with van der Waals surface area (Å²) < 4.78 is 7.41. The Bertz CT molecular complexity index is 652. The van der Waals surface area contributed by atoms with Crippen LogP contribution >= 0.6 is 0 Å². The lowest BCUT2D eigenvalue weighted by Crippen LogP contribution is -2.31. The predicted molar refractivity (Wildman–Crippen MR) is 88.4 cm³/mol. The van der Waals surface area contributed by atoms with Gasteiger partial charge < -0.3 is 9.42 Å². The summed E-state index contributed by atoms with van der Waals surface area (Å²) in [5, 5.41) is 8.76. The molecule has 6 nitrogen and oxygen atoms in total. The minimum atomic E-state index is 0.563. The van der Waals surface area contributed by atoms with E-state index in [0.29, 0.717) is 18.4 Å². The van der Waals surface area contributed by atoms with Crippen LogP contribution in [0, 0.1) is 19.8 Å². The summed E-state index contributed by atoms with van der Waals surface area (Å²) in [5.41, 5.74) is 3.60. The Morgan fingerprint density at radius 3 is 2.61 bits per heavy atom. The van der Waals surface area contributed by atoms with E-state index in [0.717, 1.165) is 24.4 Å². The molecule has 23 heavy (non-hydrogen) atoms. The van der Waals surface area contributed by atoms with Crippen molar-refractivity contribution in [3.63, 3.8) is 0 Å². The minimum absolute atomic E-state index is 0.563. The molecule has 6 heteroatoms. The van der Waals surface area contributed by atoms with E-state index >= 15 is 0 Å². The number of rotatable bonds is 5. The summed E-state index contributed by atoms with van der Waals surface area (Å²) in [6.45, 7) is 9.22. The third-order valence-corrected chi connectivity index (χ3v) is 4.99. The first-order valence-corrected chi connectivity index (χ1v) is 8.59. The third-order valence-electron chi connectivity index (χ3n) is 4.99. The van der Waals surface area contributed by atoms with E-state index in [1.165, 1.54) is 37.2 Å². The molecule has 1 fully saturated rings. The third kappa shape index (κ3) is 3.63. The van der Waals surface area contributed by atoms with Crippen LogP contribution in [0.4, 0.5) is 0 Å². The molecule has 0 radical (unpaired) electrons. The molecule has 0 unspecified atom stereocenters. The van der Waals surface area contributed by atoms with Crippen molar-refractivity contribution < 1.29 is 4.52 Å². The van der Waals surface area contributed by atoms with Gasteiger partial charge in [-0.1, -0.05) is 12.1 Å². The van der Waals surface area contributed by atoms with Crippen LogP contribution in [0.2, 0.25) is 0 Å². The van der Waals surface area contributed by atoms with Crippen molar-refractivity contribution in [3.05, 3.63) is 28.7 Å². The molecule has 0 spiro atoms. The van der Waals surface area contributed by atoms with Gasteiger partial charge in [0.1, 0.15) is 6.54 Å². The van der Waals surface area contributed by atoms with E-state index in [1.54, 1.807) is 0 Å². The molecule has 0 atom stereocenters. The normalized spacial score (nSPS) is 17.0. The molecule has 2 aromatic heterocycles. The summed E-state index contributed by atoms with van der Waals surface area (Å²) in [4.78, 5) is 6.95. The van der Waals surface area contributed by atoms with Crippen molar-refractivity contribution in [2.75, 3.05) is 20.1 Å². The maximum absolute atomic E-state index is 5.44. The van der Waals surface area contributed by atoms with E-state index in [4.69, 9.17) is 4.52 Å². The fraction of sp³-hybridized carbons (Fsp3) is 0.706. The molecule has 0 aliphatic carbocycles. The molecule has 126 valence electrons. The highest BCUT2D eigenvalue weighted by Crippen LogP contribution is 2.20. The van der Waals surface area contributed by atoms with Crippen molar-refractivity contribution in [2.24, 2.45) is 5.92 Å². The average Bonchev–Trinajstić information content (AvgIpc) is 3.07. The van der Waals surface area contributed by atoms with E-state index < -0.39 is 0 Å². The van der Waals surface area contributed by atoms with E-state index in [-0.39, 0.29) is 0 Å². The number of aryl methyl sites for hydroxylation is 1. The molecule has 0 bridgehead atoms. The lowest BCUT2D eigenvalue weighted by atomic mass is 9.94. The Hall–Kier alpha value is -1.69. The Morgan fingerprint density at radius 2 is 1.96 bits per heavy atom. The molecule has 1 saturated heterocycles. The van der Waals surface area contributed by atoms with Gasteiger partial charge >= 0.3 is 0 Å². The number of aromatic nitrogens is 4. The Kier molecular flexibility index (Phi) is 4.80. The second kappa shape index (κ2) is 6.83. The van der Waals surface area contributed by atoms with Gasteiger partial charge in [0.15, 0.2) is 5.82 Å². The van der Waals surface area contributed by atoms with Crippen LogP contribution in [0.25, 0.3) is 0 Å². The summed E-state index contributed by atoms with van der Waals surface area (Å²) in [6, 6.07) is 0. The topological polar surface area (TPSA) is 60.0 Å². The van der Waals surface area contributed by atoms with Crippen LogP contribution in [0.3, 0.4) is 0 Å². The van der Waals surface area contributed by atoms with Crippen molar-refractivity contribution >= 4 is 0 Å². The SMILES string of the molecule is CCc1c(C)nn(Cc2nc(CC3CCN(C)CC3)no2)c1C. The maximum atomic E-state index is 5.44. The lowest BCUT2D eigenvalue weighted by molar-refractivity contribution is 0.216. The first kappa shape index (κ1) is 16.2. The van der Waals surface area contributed by atoms with Gasteiger partial charge in [0.05, 0.1) is 5.69 Å². The zero-order chi connectivity index (χ0) is 16.4. The van der Waals surface area contributed by atoms with Gasteiger partial charge in [0.2, 0.25) is 5.89 Å². The molecule has 0 saturated carbocycles. The molecule has 3 heterocycles. The Labute approximate surface area is 137 Å². The highest BCUT2D eigenvalue weighted by molar-refractivity contribution is 5.24. The second-order valence-corrected chi connectivity index (χ2v) is 6.72. The van der Waals surface area contributed by atoms with Gasteiger partial charge in [-0.25, -0.2) is 0 Å². The van der Waals surface area contributed by atoms with E-state index in [9.17, 15) is 0 Å². The first-order valence-electron chi connectivity index (χ1n) is 8.59. The number of likely N-dealkylation sites (tertiary alicyclic amines) is 1. The summed E-state index contributed by atoms with van der Waals surface area (Å²) in [5.74, 6) is 2.17. The van der Waals surface area contributed by atoms with E-state index in [2.05, 4.69) is 48.0 Å². The summed E-state index contributed by atoms with van der Waals surface area (Å²) >= 11 is 0. The first-order chi connectivity index (χ1) is 11.1. The monoisotopic (exact) mass is 317 g/mol. The molecular formula is C17H27N5O. The molecule has 1 aliphatic heterocycles. The minimum Gasteiger partial charge on any atom is -0.337 e. The summed E-state index contributed by atoms with van der Waals surface area (Å²) in [6.07, 6.45) is 4.37. The second-order valence-electron chi connectivity index (χ2n) is 6.72. The predicted octanol–water partition coefficient (Wildman–Crippen LogP) is 2.38. The van der Waals surface area contributed by atoms with Crippen LogP contribution < -0.4 is 0 Å². The smallest absolute Gasteiger partial charge is 0.248 e. The average molecular weight is 317 g/mol. The number of hydrogen-bond donors (Lipinski definition) is 0. The van der Waals surface area contributed by atoms with Gasteiger partial charge in [0.25, 0.3) is 0 Å². The molecule has 0 aromatic carbocycles. The maximum Gasteiger partial charge on any atom is 0.248 e. The Balaban J connectivity index is 1.63. The van der Waals surface area contributed by atoms with Crippen molar-refractivity contribution in [3.8, 4) is 0 Å². The van der Waals surface area contributed by atoms with Crippen LogP contribution in [-0.2, 0) is 19.4 Å². The van der Waals surface area contributed by atoms with Gasteiger partial charge in [0, 0.05) is 12.1 Å². The van der Waals surface area contributed by atoms with Gasteiger partial charge in [-0.2, -0.15) is 10.1 Å². The molecule has 2 aromatic rings. The molecule has 3 rings (SSSR count). The molecule has 0 amide bonds. The summed E-state index contributed by atoms with van der Waals surface area (Å²) in [7, 11) is 2.18. The largest absolute Gasteiger partial charge is 0.337 e. The van der Waals surface area contributed by atoms with Crippen LogP contribution in [0.15, 0.2) is 4.52 Å². The van der Waals surface area contributed by atoms with Crippen LogP contribution in [0.5, 0.6) is 0 Å². The zero-order valence-electron chi connectivity index (χ0n) is 14.7.